The third-order valence-electron chi connectivity index (χ3n) is 5.35. The first kappa shape index (κ1) is 23.6. The van der Waals surface area contributed by atoms with Gasteiger partial charge in [-0.3, -0.25) is 14.4 Å². The number of rotatable bonds is 8. The summed E-state index contributed by atoms with van der Waals surface area (Å²) in [6, 6.07) is 8.68. The molecule has 1 aromatic carbocycles. The van der Waals surface area contributed by atoms with Gasteiger partial charge in [0.1, 0.15) is 11.9 Å². The molecule has 9 heteroatoms. The molecule has 1 aliphatic heterocycles. The van der Waals surface area contributed by atoms with Crippen molar-refractivity contribution in [2.45, 2.75) is 58.3 Å². The van der Waals surface area contributed by atoms with E-state index in [0.717, 1.165) is 5.56 Å². The highest BCUT2D eigenvalue weighted by Crippen LogP contribution is 2.16. The monoisotopic (exact) mass is 441 g/mol. The first-order valence-electron chi connectivity index (χ1n) is 10.8. The number of hydrogen-bond acceptors (Lipinski definition) is 6. The minimum Gasteiger partial charge on any atom is -0.374 e. The van der Waals surface area contributed by atoms with Crippen LogP contribution in [0.5, 0.6) is 0 Å². The van der Waals surface area contributed by atoms with Crippen molar-refractivity contribution in [2.24, 2.45) is 5.73 Å². The van der Waals surface area contributed by atoms with Gasteiger partial charge in [0, 0.05) is 18.5 Å². The van der Waals surface area contributed by atoms with Crippen LogP contribution in [0.15, 0.2) is 35.1 Å². The summed E-state index contributed by atoms with van der Waals surface area (Å²) in [4.78, 5) is 47.0. The van der Waals surface area contributed by atoms with Crippen molar-refractivity contribution >= 4 is 11.8 Å². The number of aromatic amines is 1. The van der Waals surface area contributed by atoms with E-state index in [1.807, 2.05) is 37.3 Å². The summed E-state index contributed by atoms with van der Waals surface area (Å²) < 4.78 is 5.76. The lowest BCUT2D eigenvalue weighted by atomic mass is 10.0. The van der Waals surface area contributed by atoms with E-state index in [1.165, 1.54) is 0 Å². The summed E-state index contributed by atoms with van der Waals surface area (Å²) in [5.74, 6) is -0.148. The molecule has 0 radical (unpaired) electrons. The van der Waals surface area contributed by atoms with Gasteiger partial charge in [0.25, 0.3) is 5.56 Å². The maximum Gasteiger partial charge on any atom is 0.254 e. The number of nitrogens with one attached hydrogen (secondary N) is 2. The third-order valence-corrected chi connectivity index (χ3v) is 5.35. The fraction of sp³-hybridized carbons (Fsp3) is 0.478. The Hall–Kier alpha value is -3.04. The molecule has 0 bridgehead atoms. The molecule has 2 amide bonds. The lowest BCUT2D eigenvalue weighted by Gasteiger charge is -2.32. The summed E-state index contributed by atoms with van der Waals surface area (Å²) in [6.07, 6.45) is 0.995. The molecule has 2 heterocycles. The number of carbonyl (C=O) groups excluding carboxylic acids is 2. The molecule has 0 unspecified atom stereocenters. The van der Waals surface area contributed by atoms with Crippen molar-refractivity contribution in [1.82, 2.24) is 20.2 Å². The van der Waals surface area contributed by atoms with E-state index >= 15 is 0 Å². The van der Waals surface area contributed by atoms with Crippen molar-refractivity contribution in [3.63, 3.8) is 0 Å². The summed E-state index contributed by atoms with van der Waals surface area (Å²) in [6.45, 7) is 5.94. The second-order valence-electron chi connectivity index (χ2n) is 8.55. The van der Waals surface area contributed by atoms with Crippen LogP contribution in [0.3, 0.4) is 0 Å². The maximum atomic E-state index is 13.3. The van der Waals surface area contributed by atoms with Crippen molar-refractivity contribution < 1.29 is 14.3 Å². The average Bonchev–Trinajstić information content (AvgIpc) is 2.77. The van der Waals surface area contributed by atoms with Crippen LogP contribution < -0.4 is 16.6 Å². The number of amides is 2. The molecule has 3 rings (SSSR count). The molecule has 0 saturated heterocycles. The van der Waals surface area contributed by atoms with Crippen molar-refractivity contribution in [3.05, 3.63) is 63.3 Å². The largest absolute Gasteiger partial charge is 0.374 e. The maximum absolute atomic E-state index is 13.3. The number of fused-ring (bicyclic) bond motifs is 1. The normalized spacial score (nSPS) is 14.6. The Morgan fingerprint density at radius 2 is 2.03 bits per heavy atom. The Bertz CT molecular complexity index is 1010. The summed E-state index contributed by atoms with van der Waals surface area (Å²) >= 11 is 0. The molecule has 0 aliphatic carbocycles. The SMILES string of the molecule is CCc1nc2c(c(=O)[nH]1)CCN(C(=O)[C@@H](COCc1ccccc1)NC(=O)C(C)(C)N)C2. The van der Waals surface area contributed by atoms with E-state index in [4.69, 9.17) is 10.5 Å². The number of carbonyl (C=O) groups is 2. The lowest BCUT2D eigenvalue weighted by molar-refractivity contribution is -0.140. The Balaban J connectivity index is 1.74. The molecule has 0 fully saturated rings. The van der Waals surface area contributed by atoms with Gasteiger partial charge in [-0.1, -0.05) is 37.3 Å². The van der Waals surface area contributed by atoms with Gasteiger partial charge in [0.15, 0.2) is 0 Å². The van der Waals surface area contributed by atoms with E-state index in [0.29, 0.717) is 43.1 Å². The van der Waals surface area contributed by atoms with Crippen molar-refractivity contribution in [1.29, 1.82) is 0 Å². The van der Waals surface area contributed by atoms with Crippen LogP contribution in [0.4, 0.5) is 0 Å². The Labute approximate surface area is 187 Å². The standard InChI is InChI=1S/C23H31N5O4/c1-4-19-25-17-12-28(11-10-16(17)20(29)27-19)21(30)18(26-22(31)23(2,3)24)14-32-13-15-8-6-5-7-9-15/h5-9,18H,4,10-14,24H2,1-3H3,(H,26,31)(H,25,27,29)/t18-/m1/s1. The molecule has 4 N–H and O–H groups in total. The number of aromatic nitrogens is 2. The highest BCUT2D eigenvalue weighted by molar-refractivity contribution is 5.91. The zero-order valence-electron chi connectivity index (χ0n) is 18.8. The first-order chi connectivity index (χ1) is 15.2. The molecule has 2 aromatic rings. The van der Waals surface area contributed by atoms with Gasteiger partial charge in [-0.25, -0.2) is 4.98 Å². The number of nitrogens with zero attached hydrogens (tertiary/aromatic N) is 2. The molecule has 0 spiro atoms. The van der Waals surface area contributed by atoms with Gasteiger partial charge in [-0.05, 0) is 25.8 Å². The average molecular weight is 442 g/mol. The first-order valence-corrected chi connectivity index (χ1v) is 10.8. The zero-order chi connectivity index (χ0) is 23.3. The van der Waals surface area contributed by atoms with E-state index in [2.05, 4.69) is 15.3 Å². The van der Waals surface area contributed by atoms with Gasteiger partial charge in [-0.15, -0.1) is 0 Å². The van der Waals surface area contributed by atoms with Gasteiger partial charge in [0.2, 0.25) is 11.8 Å². The van der Waals surface area contributed by atoms with E-state index in [1.54, 1.807) is 18.7 Å². The number of aryl methyl sites for hydroxylation is 1. The minimum absolute atomic E-state index is 0.00190. The lowest BCUT2D eigenvalue weighted by Crippen LogP contribution is -2.58. The molecule has 172 valence electrons. The van der Waals surface area contributed by atoms with Crippen molar-refractivity contribution in [2.75, 3.05) is 13.2 Å². The molecule has 1 aliphatic rings. The fourth-order valence-electron chi connectivity index (χ4n) is 3.45. The van der Waals surface area contributed by atoms with Gasteiger partial charge < -0.3 is 25.7 Å². The predicted molar refractivity (Wildman–Crippen MR) is 120 cm³/mol. The highest BCUT2D eigenvalue weighted by atomic mass is 16.5. The number of nitrogens with two attached hydrogens (primary N) is 1. The molecule has 32 heavy (non-hydrogen) atoms. The van der Waals surface area contributed by atoms with Crippen LogP contribution in [0.1, 0.15) is 43.4 Å². The Morgan fingerprint density at radius 1 is 1.31 bits per heavy atom. The summed E-state index contributed by atoms with van der Waals surface area (Å²) in [5.41, 5.74) is 6.79. The third kappa shape index (κ3) is 5.80. The van der Waals surface area contributed by atoms with Crippen LogP contribution in [-0.2, 0) is 40.3 Å². The van der Waals surface area contributed by atoms with Gasteiger partial charge in [-0.2, -0.15) is 0 Å². The fourth-order valence-corrected chi connectivity index (χ4v) is 3.45. The van der Waals surface area contributed by atoms with Crippen LogP contribution in [0, 0.1) is 0 Å². The number of H-pyrrole nitrogens is 1. The summed E-state index contributed by atoms with van der Waals surface area (Å²) in [5, 5.41) is 2.73. The summed E-state index contributed by atoms with van der Waals surface area (Å²) in [7, 11) is 0. The predicted octanol–water partition coefficient (Wildman–Crippen LogP) is 0.656. The minimum atomic E-state index is -1.14. The van der Waals surface area contributed by atoms with Gasteiger partial charge in [0.05, 0.1) is 31.0 Å². The molecular weight excluding hydrogens is 410 g/mol. The molecule has 1 aromatic heterocycles. The van der Waals surface area contributed by atoms with Gasteiger partial charge >= 0.3 is 0 Å². The van der Waals surface area contributed by atoms with Crippen LogP contribution in [0.2, 0.25) is 0 Å². The second-order valence-corrected chi connectivity index (χ2v) is 8.55. The molecule has 1 atom stereocenters. The zero-order valence-corrected chi connectivity index (χ0v) is 18.8. The van der Waals surface area contributed by atoms with Crippen LogP contribution in [0.25, 0.3) is 0 Å². The number of hydrogen-bond donors (Lipinski definition) is 3. The van der Waals surface area contributed by atoms with E-state index < -0.39 is 17.5 Å². The molecule has 0 saturated carbocycles. The quantitative estimate of drug-likeness (QED) is 0.552. The number of ether oxygens (including phenoxy) is 1. The topological polar surface area (TPSA) is 130 Å². The van der Waals surface area contributed by atoms with Crippen LogP contribution >= 0.6 is 0 Å². The Kier molecular flexibility index (Phi) is 7.42. The Morgan fingerprint density at radius 3 is 2.69 bits per heavy atom. The smallest absolute Gasteiger partial charge is 0.254 e. The van der Waals surface area contributed by atoms with E-state index in [-0.39, 0.29) is 24.6 Å². The second kappa shape index (κ2) is 10.1. The van der Waals surface area contributed by atoms with Crippen LogP contribution in [-0.4, -0.2) is 51.4 Å². The molecule has 9 nitrogen and oxygen atoms in total. The van der Waals surface area contributed by atoms with Crippen molar-refractivity contribution in [3.8, 4) is 0 Å². The molecular formula is C23H31N5O4. The van der Waals surface area contributed by atoms with E-state index in [9.17, 15) is 14.4 Å². The highest BCUT2D eigenvalue weighted by Gasteiger charge is 2.33. The number of benzene rings is 1.